The summed E-state index contributed by atoms with van der Waals surface area (Å²) in [5.41, 5.74) is -1.32. The monoisotopic (exact) mass is 432 g/mol. The number of aliphatic carboxylic acids is 1. The van der Waals surface area contributed by atoms with E-state index in [-0.39, 0.29) is 12.8 Å². The van der Waals surface area contributed by atoms with Gasteiger partial charge in [0.15, 0.2) is 0 Å². The third kappa shape index (κ3) is 14.3. The summed E-state index contributed by atoms with van der Waals surface area (Å²) in [6, 6.07) is 0. The lowest BCUT2D eigenvalue weighted by atomic mass is 9.73. The number of carbonyl (C=O) groups is 1. The molecule has 0 rings (SSSR count). The van der Waals surface area contributed by atoms with Crippen molar-refractivity contribution in [2.75, 3.05) is 13.2 Å². The van der Waals surface area contributed by atoms with Crippen molar-refractivity contribution in [2.45, 2.75) is 128 Å². The molecule has 180 valence electrons. The molecule has 30 heavy (non-hydrogen) atoms. The summed E-state index contributed by atoms with van der Waals surface area (Å²) in [7, 11) is 0. The van der Waals surface area contributed by atoms with Gasteiger partial charge in [-0.15, -0.1) is 0 Å². The standard InChI is InChI=1S/C24H48O6/c1-2-3-4-5-6-7-8-9-10-11-12-13-14-15-16-24(23(29)30,17-21(27)19-25)18-22(28)20-26/h21-22,25-28H,2-20H2,1H3,(H,29,30). The van der Waals surface area contributed by atoms with Crippen molar-refractivity contribution in [3.8, 4) is 0 Å². The smallest absolute Gasteiger partial charge is 0.309 e. The second kappa shape index (κ2) is 19.0. The van der Waals surface area contributed by atoms with Crippen LogP contribution in [0, 0.1) is 5.41 Å². The quantitative estimate of drug-likeness (QED) is 0.162. The molecule has 0 aromatic carbocycles. The summed E-state index contributed by atoms with van der Waals surface area (Å²) in [4.78, 5) is 11.9. The fourth-order valence-electron chi connectivity index (χ4n) is 4.26. The molecule has 0 aromatic heterocycles. The van der Waals surface area contributed by atoms with Gasteiger partial charge in [0.05, 0.1) is 30.8 Å². The van der Waals surface area contributed by atoms with Crippen LogP contribution < -0.4 is 0 Å². The summed E-state index contributed by atoms with van der Waals surface area (Å²) in [6.45, 7) is 1.22. The Kier molecular flexibility index (Phi) is 18.6. The predicted octanol–water partition coefficient (Wildman–Crippen LogP) is 4.42. The molecular formula is C24H48O6. The normalized spacial score (nSPS) is 15.6. The number of hydrogen-bond acceptors (Lipinski definition) is 5. The van der Waals surface area contributed by atoms with Gasteiger partial charge in [0.1, 0.15) is 0 Å². The first kappa shape index (κ1) is 29.3. The number of aliphatic hydroxyl groups is 4. The zero-order valence-corrected chi connectivity index (χ0v) is 19.2. The molecule has 2 unspecified atom stereocenters. The molecule has 2 atom stereocenters. The average molecular weight is 433 g/mol. The second-order valence-electron chi connectivity index (χ2n) is 9.01. The first-order valence-corrected chi connectivity index (χ1v) is 12.2. The van der Waals surface area contributed by atoms with E-state index in [1.54, 1.807) is 0 Å². The lowest BCUT2D eigenvalue weighted by Gasteiger charge is -2.32. The van der Waals surface area contributed by atoms with Gasteiger partial charge >= 0.3 is 5.97 Å². The van der Waals surface area contributed by atoms with E-state index in [0.29, 0.717) is 12.8 Å². The highest BCUT2D eigenvalue weighted by Gasteiger charge is 2.41. The third-order valence-corrected chi connectivity index (χ3v) is 6.14. The van der Waals surface area contributed by atoms with Gasteiger partial charge < -0.3 is 25.5 Å². The maximum absolute atomic E-state index is 11.9. The lowest BCUT2D eigenvalue weighted by molar-refractivity contribution is -0.155. The van der Waals surface area contributed by atoms with Crippen molar-refractivity contribution in [3.05, 3.63) is 0 Å². The minimum atomic E-state index is -1.32. The molecule has 0 bridgehead atoms. The topological polar surface area (TPSA) is 118 Å². The zero-order valence-electron chi connectivity index (χ0n) is 19.2. The second-order valence-corrected chi connectivity index (χ2v) is 9.01. The van der Waals surface area contributed by atoms with E-state index < -0.39 is 36.8 Å². The van der Waals surface area contributed by atoms with Crippen molar-refractivity contribution >= 4 is 5.97 Å². The fraction of sp³-hybridized carbons (Fsp3) is 0.958. The van der Waals surface area contributed by atoms with E-state index in [4.69, 9.17) is 10.2 Å². The summed E-state index contributed by atoms with van der Waals surface area (Å²) in [5, 5.41) is 47.5. The Labute approximate surface area is 183 Å². The number of hydrogen-bond donors (Lipinski definition) is 5. The molecule has 0 spiro atoms. The van der Waals surface area contributed by atoms with E-state index in [9.17, 15) is 20.1 Å². The van der Waals surface area contributed by atoms with Gasteiger partial charge in [0.25, 0.3) is 0 Å². The van der Waals surface area contributed by atoms with Crippen molar-refractivity contribution in [2.24, 2.45) is 5.41 Å². The molecule has 0 fully saturated rings. The van der Waals surface area contributed by atoms with Crippen molar-refractivity contribution in [3.63, 3.8) is 0 Å². The minimum absolute atomic E-state index is 0.117. The maximum Gasteiger partial charge on any atom is 0.309 e. The maximum atomic E-state index is 11.9. The highest BCUT2D eigenvalue weighted by atomic mass is 16.4. The number of aliphatic hydroxyl groups excluding tert-OH is 4. The number of unbranched alkanes of at least 4 members (excludes halogenated alkanes) is 13. The SMILES string of the molecule is CCCCCCCCCCCCCCCCC(CC(O)CO)(CC(O)CO)C(=O)O. The Morgan fingerprint density at radius 2 is 1.00 bits per heavy atom. The fourth-order valence-corrected chi connectivity index (χ4v) is 4.26. The van der Waals surface area contributed by atoms with Crippen LogP contribution in [0.2, 0.25) is 0 Å². The minimum Gasteiger partial charge on any atom is -0.481 e. The number of rotatable bonds is 22. The van der Waals surface area contributed by atoms with Crippen LogP contribution >= 0.6 is 0 Å². The van der Waals surface area contributed by atoms with E-state index in [1.165, 1.54) is 64.2 Å². The largest absolute Gasteiger partial charge is 0.481 e. The van der Waals surface area contributed by atoms with E-state index in [1.807, 2.05) is 0 Å². The van der Waals surface area contributed by atoms with Gasteiger partial charge in [-0.2, -0.15) is 0 Å². The Hall–Kier alpha value is -0.690. The molecule has 0 radical (unpaired) electrons. The number of carboxylic acids is 1. The Bertz CT molecular complexity index is 389. The van der Waals surface area contributed by atoms with Crippen LogP contribution in [-0.2, 0) is 4.79 Å². The summed E-state index contributed by atoms with van der Waals surface area (Å²) < 4.78 is 0. The first-order valence-electron chi connectivity index (χ1n) is 12.2. The van der Waals surface area contributed by atoms with Gasteiger partial charge in [-0.05, 0) is 19.3 Å². The van der Waals surface area contributed by atoms with Crippen LogP contribution in [0.15, 0.2) is 0 Å². The average Bonchev–Trinajstić information content (AvgIpc) is 2.73. The molecule has 0 saturated carbocycles. The Morgan fingerprint density at radius 3 is 1.30 bits per heavy atom. The van der Waals surface area contributed by atoms with Gasteiger partial charge in [0, 0.05) is 0 Å². The highest BCUT2D eigenvalue weighted by Crippen LogP contribution is 2.36. The highest BCUT2D eigenvalue weighted by molar-refractivity contribution is 5.74. The summed E-state index contributed by atoms with van der Waals surface area (Å²) in [5.74, 6) is -1.09. The van der Waals surface area contributed by atoms with Crippen molar-refractivity contribution in [1.82, 2.24) is 0 Å². The molecule has 0 aliphatic heterocycles. The van der Waals surface area contributed by atoms with Crippen LogP contribution in [0.25, 0.3) is 0 Å². The van der Waals surface area contributed by atoms with Crippen LogP contribution in [0.1, 0.15) is 116 Å². The van der Waals surface area contributed by atoms with E-state index >= 15 is 0 Å². The van der Waals surface area contributed by atoms with E-state index in [2.05, 4.69) is 6.92 Å². The molecule has 0 aliphatic carbocycles. The molecular weight excluding hydrogens is 384 g/mol. The van der Waals surface area contributed by atoms with E-state index in [0.717, 1.165) is 19.3 Å². The molecule has 0 heterocycles. The van der Waals surface area contributed by atoms with Crippen LogP contribution in [-0.4, -0.2) is 56.9 Å². The van der Waals surface area contributed by atoms with Crippen molar-refractivity contribution in [1.29, 1.82) is 0 Å². The third-order valence-electron chi connectivity index (χ3n) is 6.14. The zero-order chi connectivity index (χ0) is 22.7. The lowest BCUT2D eigenvalue weighted by Crippen LogP contribution is -2.39. The molecule has 0 saturated heterocycles. The van der Waals surface area contributed by atoms with Gasteiger partial charge in [0.2, 0.25) is 0 Å². The molecule has 0 amide bonds. The predicted molar refractivity (Wildman–Crippen MR) is 120 cm³/mol. The number of carboxylic acid groups (broad SMARTS) is 1. The summed E-state index contributed by atoms with van der Waals surface area (Å²) >= 11 is 0. The van der Waals surface area contributed by atoms with Gasteiger partial charge in [-0.1, -0.05) is 96.8 Å². The molecule has 6 heteroatoms. The van der Waals surface area contributed by atoms with Gasteiger partial charge in [-0.3, -0.25) is 4.79 Å². The Morgan fingerprint density at radius 1 is 0.667 bits per heavy atom. The Balaban J connectivity index is 4.01. The van der Waals surface area contributed by atoms with Gasteiger partial charge in [-0.25, -0.2) is 0 Å². The molecule has 5 N–H and O–H groups in total. The van der Waals surface area contributed by atoms with Crippen molar-refractivity contribution < 1.29 is 30.3 Å². The van der Waals surface area contributed by atoms with Crippen LogP contribution in [0.3, 0.4) is 0 Å². The van der Waals surface area contributed by atoms with Crippen LogP contribution in [0.5, 0.6) is 0 Å². The van der Waals surface area contributed by atoms with Crippen LogP contribution in [0.4, 0.5) is 0 Å². The molecule has 0 aliphatic rings. The molecule has 6 nitrogen and oxygen atoms in total. The molecule has 0 aromatic rings. The summed E-state index contributed by atoms with van der Waals surface area (Å²) in [6.07, 6.45) is 14.8. The first-order chi connectivity index (χ1) is 14.4.